The molecule has 0 aromatic rings. The van der Waals surface area contributed by atoms with Crippen molar-refractivity contribution in [2.24, 2.45) is 23.0 Å². The van der Waals surface area contributed by atoms with Crippen LogP contribution in [0.5, 0.6) is 0 Å². The van der Waals surface area contributed by atoms with E-state index in [1.54, 1.807) is 7.11 Å². The van der Waals surface area contributed by atoms with Gasteiger partial charge in [0.25, 0.3) is 0 Å². The molecule has 2 atom stereocenters. The molecule has 0 radical (unpaired) electrons. The number of nitrogens with two attached hydrogens (primary N) is 1. The monoisotopic (exact) mass is 143 g/mol. The fourth-order valence-electron chi connectivity index (χ4n) is 1.84. The van der Waals surface area contributed by atoms with E-state index in [9.17, 15) is 0 Å². The number of ether oxygens (including phenoxy) is 1. The summed E-state index contributed by atoms with van der Waals surface area (Å²) in [5, 5.41) is 0. The van der Waals surface area contributed by atoms with E-state index in [4.69, 9.17) is 10.5 Å². The van der Waals surface area contributed by atoms with Gasteiger partial charge >= 0.3 is 0 Å². The summed E-state index contributed by atoms with van der Waals surface area (Å²) in [4.78, 5) is 0. The van der Waals surface area contributed by atoms with Gasteiger partial charge < -0.3 is 10.5 Å². The van der Waals surface area contributed by atoms with Crippen molar-refractivity contribution in [3.63, 3.8) is 0 Å². The Morgan fingerprint density at radius 1 is 1.40 bits per heavy atom. The summed E-state index contributed by atoms with van der Waals surface area (Å²) in [7, 11) is 1.75. The van der Waals surface area contributed by atoms with Gasteiger partial charge in [0.05, 0.1) is 0 Å². The van der Waals surface area contributed by atoms with Gasteiger partial charge in [-0.05, 0) is 23.8 Å². The Kier molecular flexibility index (Phi) is 2.02. The van der Waals surface area contributed by atoms with Crippen LogP contribution in [-0.4, -0.2) is 20.3 Å². The fourth-order valence-corrected chi connectivity index (χ4v) is 1.84. The van der Waals surface area contributed by atoms with Crippen molar-refractivity contribution < 1.29 is 4.74 Å². The van der Waals surface area contributed by atoms with Crippen molar-refractivity contribution in [1.29, 1.82) is 0 Å². The molecule has 1 fully saturated rings. The summed E-state index contributed by atoms with van der Waals surface area (Å²) < 4.78 is 5.08. The van der Waals surface area contributed by atoms with E-state index >= 15 is 0 Å². The molecule has 0 heterocycles. The van der Waals surface area contributed by atoms with Crippen LogP contribution in [0.4, 0.5) is 0 Å². The van der Waals surface area contributed by atoms with Crippen molar-refractivity contribution in [3.05, 3.63) is 0 Å². The molecule has 2 nitrogen and oxygen atoms in total. The Hall–Kier alpha value is -0.0800. The highest BCUT2D eigenvalue weighted by Crippen LogP contribution is 2.57. The van der Waals surface area contributed by atoms with Crippen molar-refractivity contribution in [3.8, 4) is 0 Å². The molecule has 1 aliphatic carbocycles. The number of hydrogen-bond acceptors (Lipinski definition) is 2. The SMILES string of the molecule is COCC1C(CN)C1(C)C. The second-order valence-electron chi connectivity index (χ2n) is 3.73. The molecule has 0 aromatic heterocycles. The minimum atomic E-state index is 0.435. The van der Waals surface area contributed by atoms with Crippen molar-refractivity contribution in [1.82, 2.24) is 0 Å². The van der Waals surface area contributed by atoms with Crippen LogP contribution < -0.4 is 5.73 Å². The molecular weight excluding hydrogens is 126 g/mol. The maximum Gasteiger partial charge on any atom is 0.0499 e. The third-order valence-corrected chi connectivity index (χ3v) is 2.89. The van der Waals surface area contributed by atoms with Gasteiger partial charge in [0.2, 0.25) is 0 Å². The molecule has 2 heteroatoms. The quantitative estimate of drug-likeness (QED) is 0.636. The first-order valence-electron chi connectivity index (χ1n) is 3.83. The van der Waals surface area contributed by atoms with Gasteiger partial charge in [-0.15, -0.1) is 0 Å². The van der Waals surface area contributed by atoms with Gasteiger partial charge in [-0.1, -0.05) is 13.8 Å². The van der Waals surface area contributed by atoms with Crippen molar-refractivity contribution in [2.45, 2.75) is 13.8 Å². The lowest BCUT2D eigenvalue weighted by Gasteiger charge is -1.99. The molecule has 10 heavy (non-hydrogen) atoms. The lowest BCUT2D eigenvalue weighted by atomic mass is 10.1. The van der Waals surface area contributed by atoms with Gasteiger partial charge in [-0.3, -0.25) is 0 Å². The van der Waals surface area contributed by atoms with Crippen LogP contribution in [0.2, 0.25) is 0 Å². The summed E-state index contributed by atoms with van der Waals surface area (Å²) in [6, 6.07) is 0. The Bertz CT molecular complexity index is 122. The fraction of sp³-hybridized carbons (Fsp3) is 1.00. The van der Waals surface area contributed by atoms with E-state index in [0.717, 1.165) is 13.2 Å². The van der Waals surface area contributed by atoms with Gasteiger partial charge in [0.1, 0.15) is 0 Å². The molecule has 60 valence electrons. The zero-order chi connectivity index (χ0) is 7.78. The number of hydrogen-bond donors (Lipinski definition) is 1. The van der Waals surface area contributed by atoms with Gasteiger partial charge in [-0.2, -0.15) is 0 Å². The van der Waals surface area contributed by atoms with Gasteiger partial charge in [-0.25, -0.2) is 0 Å². The molecule has 0 saturated heterocycles. The maximum absolute atomic E-state index is 5.57. The zero-order valence-corrected chi connectivity index (χ0v) is 7.05. The first-order chi connectivity index (χ1) is 4.64. The van der Waals surface area contributed by atoms with E-state index in [1.807, 2.05) is 0 Å². The lowest BCUT2D eigenvalue weighted by molar-refractivity contribution is 0.172. The maximum atomic E-state index is 5.57. The van der Waals surface area contributed by atoms with Crippen LogP contribution in [-0.2, 0) is 4.74 Å². The lowest BCUT2D eigenvalue weighted by Crippen LogP contribution is -2.05. The first kappa shape index (κ1) is 8.02. The average molecular weight is 143 g/mol. The predicted octanol–water partition coefficient (Wildman–Crippen LogP) is 0.864. The molecule has 1 saturated carbocycles. The smallest absolute Gasteiger partial charge is 0.0499 e. The predicted molar refractivity (Wildman–Crippen MR) is 41.7 cm³/mol. The van der Waals surface area contributed by atoms with Crippen LogP contribution >= 0.6 is 0 Å². The summed E-state index contributed by atoms with van der Waals surface area (Å²) in [5.41, 5.74) is 6.01. The number of methoxy groups -OCH3 is 1. The Labute approximate surface area is 62.7 Å². The molecule has 2 N–H and O–H groups in total. The topological polar surface area (TPSA) is 35.2 Å². The van der Waals surface area contributed by atoms with Crippen molar-refractivity contribution >= 4 is 0 Å². The molecule has 1 rings (SSSR count). The molecular formula is C8H17NO. The van der Waals surface area contributed by atoms with Crippen LogP contribution in [0.1, 0.15) is 13.8 Å². The van der Waals surface area contributed by atoms with E-state index in [2.05, 4.69) is 13.8 Å². The van der Waals surface area contributed by atoms with Crippen LogP contribution in [0.3, 0.4) is 0 Å². The highest BCUT2D eigenvalue weighted by molar-refractivity contribution is 5.04. The highest BCUT2D eigenvalue weighted by atomic mass is 16.5. The summed E-state index contributed by atoms with van der Waals surface area (Å²) in [6.45, 7) is 6.19. The standard InChI is InChI=1S/C8H17NO/c1-8(2)6(4-9)7(8)5-10-3/h6-7H,4-5,9H2,1-3H3. The average Bonchev–Trinajstić information content (AvgIpc) is 2.36. The van der Waals surface area contributed by atoms with E-state index in [1.165, 1.54) is 0 Å². The molecule has 1 aliphatic rings. The Morgan fingerprint density at radius 2 is 2.00 bits per heavy atom. The molecule has 0 aromatic carbocycles. The van der Waals surface area contributed by atoms with Crippen LogP contribution in [0.15, 0.2) is 0 Å². The van der Waals surface area contributed by atoms with Crippen LogP contribution in [0.25, 0.3) is 0 Å². The third kappa shape index (κ3) is 1.06. The largest absolute Gasteiger partial charge is 0.384 e. The third-order valence-electron chi connectivity index (χ3n) is 2.89. The Morgan fingerprint density at radius 3 is 2.30 bits per heavy atom. The van der Waals surface area contributed by atoms with Crippen LogP contribution in [0, 0.1) is 17.3 Å². The van der Waals surface area contributed by atoms with Gasteiger partial charge in [0, 0.05) is 13.7 Å². The summed E-state index contributed by atoms with van der Waals surface area (Å²) >= 11 is 0. The minimum Gasteiger partial charge on any atom is -0.384 e. The van der Waals surface area contributed by atoms with E-state index in [0.29, 0.717) is 17.3 Å². The van der Waals surface area contributed by atoms with E-state index < -0.39 is 0 Å². The second-order valence-corrected chi connectivity index (χ2v) is 3.73. The molecule has 0 amide bonds. The molecule has 0 spiro atoms. The Balaban J connectivity index is 2.37. The molecule has 0 bridgehead atoms. The minimum absolute atomic E-state index is 0.435. The number of rotatable bonds is 3. The molecule has 2 unspecified atom stereocenters. The normalized spacial score (nSPS) is 36.0. The zero-order valence-electron chi connectivity index (χ0n) is 7.05. The highest BCUT2D eigenvalue weighted by Gasteiger charge is 2.56. The van der Waals surface area contributed by atoms with E-state index in [-0.39, 0.29) is 0 Å². The summed E-state index contributed by atoms with van der Waals surface area (Å²) in [6.07, 6.45) is 0. The second kappa shape index (κ2) is 2.51. The van der Waals surface area contributed by atoms with Gasteiger partial charge in [0.15, 0.2) is 0 Å². The van der Waals surface area contributed by atoms with Crippen molar-refractivity contribution in [2.75, 3.05) is 20.3 Å². The molecule has 0 aliphatic heterocycles. The first-order valence-corrected chi connectivity index (χ1v) is 3.83. The summed E-state index contributed by atoms with van der Waals surface area (Å²) in [5.74, 6) is 1.38.